The monoisotopic (exact) mass is 401 g/mol. The first-order chi connectivity index (χ1) is 9.47. The zero-order chi connectivity index (χ0) is 14.7. The van der Waals surface area contributed by atoms with E-state index in [1.807, 2.05) is 0 Å². The van der Waals surface area contributed by atoms with Crippen molar-refractivity contribution in [2.75, 3.05) is 5.73 Å². The molecule has 0 unspecified atom stereocenters. The summed E-state index contributed by atoms with van der Waals surface area (Å²) in [5.41, 5.74) is 6.89. The van der Waals surface area contributed by atoms with E-state index in [-0.39, 0.29) is 12.3 Å². The van der Waals surface area contributed by atoms with E-state index < -0.39 is 4.92 Å². The van der Waals surface area contributed by atoms with Crippen LogP contribution in [0.4, 0.5) is 11.4 Å². The molecule has 2 N–H and O–H groups in total. The molecule has 0 aliphatic rings. The third kappa shape index (κ3) is 3.45. The number of pyridine rings is 1. The SMILES string of the molecule is Nc1ccnc(COc2c(Br)cc([N+](=O)[O-])cc2Br)c1. The van der Waals surface area contributed by atoms with Gasteiger partial charge in [0, 0.05) is 24.0 Å². The lowest BCUT2D eigenvalue weighted by Crippen LogP contribution is -2.01. The molecule has 0 fully saturated rings. The maximum absolute atomic E-state index is 10.7. The Morgan fingerprint density at radius 2 is 1.95 bits per heavy atom. The number of rotatable bonds is 4. The number of non-ortho nitro benzene ring substituents is 1. The van der Waals surface area contributed by atoms with Crippen molar-refractivity contribution in [3.63, 3.8) is 0 Å². The Morgan fingerprint density at radius 3 is 2.50 bits per heavy atom. The van der Waals surface area contributed by atoms with Gasteiger partial charge in [-0.05, 0) is 44.0 Å². The summed E-state index contributed by atoms with van der Waals surface area (Å²) in [6.45, 7) is 0.208. The smallest absolute Gasteiger partial charge is 0.271 e. The van der Waals surface area contributed by atoms with Crippen LogP contribution < -0.4 is 10.5 Å². The summed E-state index contributed by atoms with van der Waals surface area (Å²) < 4.78 is 6.59. The van der Waals surface area contributed by atoms with Crippen molar-refractivity contribution in [2.45, 2.75) is 6.61 Å². The molecule has 0 atom stereocenters. The Kier molecular flexibility index (Phi) is 4.56. The summed E-state index contributed by atoms with van der Waals surface area (Å²) in [4.78, 5) is 14.4. The molecular formula is C12H9Br2N3O3. The highest BCUT2D eigenvalue weighted by Crippen LogP contribution is 2.37. The zero-order valence-corrected chi connectivity index (χ0v) is 13.2. The minimum atomic E-state index is -0.473. The van der Waals surface area contributed by atoms with Gasteiger partial charge < -0.3 is 10.5 Å². The van der Waals surface area contributed by atoms with Crippen molar-refractivity contribution >= 4 is 43.2 Å². The fourth-order valence-corrected chi connectivity index (χ4v) is 2.90. The van der Waals surface area contributed by atoms with Gasteiger partial charge in [-0.15, -0.1) is 0 Å². The number of ether oxygens (including phenoxy) is 1. The van der Waals surface area contributed by atoms with Gasteiger partial charge in [-0.2, -0.15) is 0 Å². The van der Waals surface area contributed by atoms with Crippen LogP contribution in [0, 0.1) is 10.1 Å². The van der Waals surface area contributed by atoms with E-state index in [2.05, 4.69) is 36.8 Å². The number of halogens is 2. The molecule has 8 heteroatoms. The number of aromatic nitrogens is 1. The highest BCUT2D eigenvalue weighted by atomic mass is 79.9. The number of hydrogen-bond acceptors (Lipinski definition) is 5. The second-order valence-electron chi connectivity index (χ2n) is 3.86. The number of anilines is 1. The summed E-state index contributed by atoms with van der Waals surface area (Å²) in [7, 11) is 0. The molecule has 2 aromatic rings. The lowest BCUT2D eigenvalue weighted by molar-refractivity contribution is -0.385. The zero-order valence-electron chi connectivity index (χ0n) is 10.0. The van der Waals surface area contributed by atoms with Crippen LogP contribution in [0.25, 0.3) is 0 Å². The van der Waals surface area contributed by atoms with Crippen molar-refractivity contribution in [3.8, 4) is 5.75 Å². The van der Waals surface area contributed by atoms with Crippen molar-refractivity contribution in [2.24, 2.45) is 0 Å². The number of nitrogen functional groups attached to an aromatic ring is 1. The molecule has 6 nitrogen and oxygen atoms in total. The molecule has 2 rings (SSSR count). The molecule has 0 spiro atoms. The van der Waals surface area contributed by atoms with Crippen LogP contribution in [-0.4, -0.2) is 9.91 Å². The average Bonchev–Trinajstić information content (AvgIpc) is 2.37. The van der Waals surface area contributed by atoms with E-state index in [1.165, 1.54) is 12.1 Å². The second-order valence-corrected chi connectivity index (χ2v) is 5.57. The van der Waals surface area contributed by atoms with Crippen LogP contribution in [0.15, 0.2) is 39.4 Å². The molecule has 1 heterocycles. The van der Waals surface area contributed by atoms with Gasteiger partial charge in [0.2, 0.25) is 0 Å². The van der Waals surface area contributed by atoms with Gasteiger partial charge in [0.1, 0.15) is 12.4 Å². The Hall–Kier alpha value is -1.67. The summed E-state index contributed by atoms with van der Waals surface area (Å²) in [5.74, 6) is 0.472. The molecule has 104 valence electrons. The molecule has 0 saturated carbocycles. The maximum atomic E-state index is 10.7. The minimum Gasteiger partial charge on any atom is -0.485 e. The summed E-state index contributed by atoms with van der Waals surface area (Å²) in [5, 5.41) is 10.7. The average molecular weight is 403 g/mol. The molecule has 0 bridgehead atoms. The van der Waals surface area contributed by atoms with Gasteiger partial charge in [0.25, 0.3) is 5.69 Å². The van der Waals surface area contributed by atoms with Crippen LogP contribution in [0.3, 0.4) is 0 Å². The first-order valence-corrected chi connectivity index (χ1v) is 7.02. The fourth-order valence-electron chi connectivity index (χ4n) is 1.51. The Morgan fingerprint density at radius 1 is 1.30 bits per heavy atom. The number of hydrogen-bond donors (Lipinski definition) is 1. The Balaban J connectivity index is 2.20. The van der Waals surface area contributed by atoms with Gasteiger partial charge in [-0.25, -0.2) is 0 Å². The first-order valence-electron chi connectivity index (χ1n) is 5.44. The highest BCUT2D eigenvalue weighted by Gasteiger charge is 2.15. The van der Waals surface area contributed by atoms with Crippen molar-refractivity contribution in [3.05, 3.63) is 55.2 Å². The topological polar surface area (TPSA) is 91.3 Å². The van der Waals surface area contributed by atoms with Crippen LogP contribution >= 0.6 is 31.9 Å². The second kappa shape index (κ2) is 6.19. The molecule has 0 aliphatic carbocycles. The third-order valence-electron chi connectivity index (χ3n) is 2.40. The minimum absolute atomic E-state index is 0.0295. The molecule has 1 aromatic carbocycles. The van der Waals surface area contributed by atoms with Gasteiger partial charge in [0.15, 0.2) is 0 Å². The molecule has 20 heavy (non-hydrogen) atoms. The molecule has 0 aliphatic heterocycles. The van der Waals surface area contributed by atoms with Crippen molar-refractivity contribution in [1.82, 2.24) is 4.98 Å². The van der Waals surface area contributed by atoms with E-state index in [9.17, 15) is 10.1 Å². The number of nitro groups is 1. The summed E-state index contributed by atoms with van der Waals surface area (Å²) in [6.07, 6.45) is 1.59. The van der Waals surface area contributed by atoms with Crippen LogP contribution in [0.2, 0.25) is 0 Å². The number of nitrogens with two attached hydrogens (primary N) is 1. The van der Waals surface area contributed by atoms with Crippen molar-refractivity contribution in [1.29, 1.82) is 0 Å². The quantitative estimate of drug-likeness (QED) is 0.622. The van der Waals surface area contributed by atoms with Gasteiger partial charge >= 0.3 is 0 Å². The number of nitro benzene ring substituents is 1. The van der Waals surface area contributed by atoms with Crippen LogP contribution in [0.5, 0.6) is 5.75 Å². The summed E-state index contributed by atoms with van der Waals surface area (Å²) >= 11 is 6.50. The Bertz CT molecular complexity index is 641. The van der Waals surface area contributed by atoms with E-state index >= 15 is 0 Å². The van der Waals surface area contributed by atoms with E-state index in [4.69, 9.17) is 10.5 Å². The van der Waals surface area contributed by atoms with E-state index in [1.54, 1.807) is 18.3 Å². The molecule has 0 radical (unpaired) electrons. The number of nitrogens with zero attached hydrogens (tertiary/aromatic N) is 2. The number of benzene rings is 1. The maximum Gasteiger partial charge on any atom is 0.271 e. The third-order valence-corrected chi connectivity index (χ3v) is 3.58. The lowest BCUT2D eigenvalue weighted by atomic mass is 10.3. The van der Waals surface area contributed by atoms with Gasteiger partial charge in [-0.3, -0.25) is 15.1 Å². The molecule has 0 amide bonds. The normalized spacial score (nSPS) is 10.3. The highest BCUT2D eigenvalue weighted by molar-refractivity contribution is 9.11. The summed E-state index contributed by atoms with van der Waals surface area (Å²) in [6, 6.07) is 6.15. The molecule has 1 aromatic heterocycles. The standard InChI is InChI=1S/C12H9Br2N3O3/c13-10-4-9(17(18)19)5-11(14)12(10)20-6-8-3-7(15)1-2-16-8/h1-5H,6H2,(H2,15,16). The van der Waals surface area contributed by atoms with Gasteiger partial charge in [0.05, 0.1) is 19.6 Å². The predicted octanol–water partition coefficient (Wildman–Crippen LogP) is 3.68. The van der Waals surface area contributed by atoms with E-state index in [0.717, 1.165) is 0 Å². The van der Waals surface area contributed by atoms with Gasteiger partial charge in [-0.1, -0.05) is 0 Å². The molecular weight excluding hydrogens is 394 g/mol. The van der Waals surface area contributed by atoms with E-state index in [0.29, 0.717) is 26.1 Å². The van der Waals surface area contributed by atoms with Crippen LogP contribution in [-0.2, 0) is 6.61 Å². The predicted molar refractivity (Wildman–Crippen MR) is 81.5 cm³/mol. The van der Waals surface area contributed by atoms with Crippen LogP contribution in [0.1, 0.15) is 5.69 Å². The van der Waals surface area contributed by atoms with Crippen molar-refractivity contribution < 1.29 is 9.66 Å². The fraction of sp³-hybridized carbons (Fsp3) is 0.0833. The Labute approximate surface area is 131 Å². The largest absolute Gasteiger partial charge is 0.485 e. The first kappa shape index (κ1) is 14.7. The lowest BCUT2D eigenvalue weighted by Gasteiger charge is -2.10. The molecule has 0 saturated heterocycles.